The van der Waals surface area contributed by atoms with Gasteiger partial charge in [0.15, 0.2) is 0 Å². The molecule has 0 spiro atoms. The maximum atomic E-state index is 9.37. The smallest absolute Gasteiger partial charge is 0.202 e. The van der Waals surface area contributed by atoms with Crippen molar-refractivity contribution in [3.05, 3.63) is 48.2 Å². The summed E-state index contributed by atoms with van der Waals surface area (Å²) in [5.74, 6) is 0.765. The van der Waals surface area contributed by atoms with E-state index < -0.39 is 0 Å². The predicted octanol–water partition coefficient (Wildman–Crippen LogP) is 2.36. The van der Waals surface area contributed by atoms with Gasteiger partial charge in [-0.1, -0.05) is 17.3 Å². The molecule has 2 aromatic heterocycles. The number of fused-ring (bicyclic) bond motifs is 1. The van der Waals surface area contributed by atoms with E-state index in [1.165, 1.54) is 4.68 Å². The van der Waals surface area contributed by atoms with E-state index in [0.29, 0.717) is 16.9 Å². The van der Waals surface area contributed by atoms with E-state index in [4.69, 9.17) is 4.74 Å². The second-order valence-corrected chi connectivity index (χ2v) is 4.26. The number of rotatable bonds is 3. The zero-order valence-electron chi connectivity index (χ0n) is 11.3. The number of aromatic nitrogens is 4. The number of ether oxygens (including phenoxy) is 1. The van der Waals surface area contributed by atoms with Crippen LogP contribution in [0.15, 0.2) is 42.6 Å². The van der Waals surface area contributed by atoms with Crippen LogP contribution in [0.1, 0.15) is 5.56 Å². The van der Waals surface area contributed by atoms with Crippen molar-refractivity contribution < 1.29 is 4.74 Å². The highest BCUT2D eigenvalue weighted by Gasteiger charge is 2.08. The van der Waals surface area contributed by atoms with Gasteiger partial charge >= 0.3 is 0 Å². The normalized spacial score (nSPS) is 11.3. The van der Waals surface area contributed by atoms with Crippen LogP contribution in [0.25, 0.3) is 22.9 Å². The Bertz CT molecular complexity index is 842. The molecule has 3 aromatic rings. The number of nitriles is 1. The average molecular weight is 277 g/mol. The van der Waals surface area contributed by atoms with Crippen molar-refractivity contribution in [2.24, 2.45) is 0 Å². The number of benzene rings is 1. The van der Waals surface area contributed by atoms with Gasteiger partial charge in [0, 0.05) is 6.20 Å². The molecule has 0 saturated carbocycles. The van der Waals surface area contributed by atoms with E-state index in [2.05, 4.69) is 21.4 Å². The second-order valence-electron chi connectivity index (χ2n) is 4.26. The summed E-state index contributed by atoms with van der Waals surface area (Å²) in [6.45, 7) is 0. The standard InChI is InChI=1S/C15H11N5O/c1-21-13-6-4-11(5-7-13)9-12(10-16)20-14-3-2-8-17-15(14)18-19-20/h2-9H,1H3/b12-9+. The SMILES string of the molecule is COc1ccc(/C=C(\C#N)n2nnc3ncccc32)cc1. The molecule has 0 aliphatic rings. The van der Waals surface area contributed by atoms with Gasteiger partial charge < -0.3 is 4.74 Å². The van der Waals surface area contributed by atoms with Crippen molar-refractivity contribution >= 4 is 22.9 Å². The number of allylic oxidation sites excluding steroid dienone is 1. The first kappa shape index (κ1) is 12.8. The molecule has 0 N–H and O–H groups in total. The highest BCUT2D eigenvalue weighted by atomic mass is 16.5. The zero-order chi connectivity index (χ0) is 14.7. The molecule has 102 valence electrons. The third-order valence-corrected chi connectivity index (χ3v) is 2.99. The number of hydrogen-bond acceptors (Lipinski definition) is 5. The topological polar surface area (TPSA) is 76.6 Å². The van der Waals surface area contributed by atoms with Gasteiger partial charge in [-0.2, -0.15) is 5.26 Å². The summed E-state index contributed by atoms with van der Waals surface area (Å²) in [6, 6.07) is 13.1. The van der Waals surface area contributed by atoms with Gasteiger partial charge in [-0.25, -0.2) is 9.67 Å². The summed E-state index contributed by atoms with van der Waals surface area (Å²) in [4.78, 5) is 4.10. The molecule has 2 heterocycles. The third kappa shape index (κ3) is 2.44. The predicted molar refractivity (Wildman–Crippen MR) is 78.1 cm³/mol. The van der Waals surface area contributed by atoms with Crippen LogP contribution in [0.5, 0.6) is 5.75 Å². The van der Waals surface area contributed by atoms with Crippen LogP contribution >= 0.6 is 0 Å². The van der Waals surface area contributed by atoms with E-state index in [-0.39, 0.29) is 0 Å². The van der Waals surface area contributed by atoms with Crippen LogP contribution in [-0.2, 0) is 0 Å². The Balaban J connectivity index is 2.05. The summed E-state index contributed by atoms with van der Waals surface area (Å²) in [7, 11) is 1.61. The molecule has 6 nitrogen and oxygen atoms in total. The third-order valence-electron chi connectivity index (χ3n) is 2.99. The lowest BCUT2D eigenvalue weighted by molar-refractivity contribution is 0.415. The number of pyridine rings is 1. The molecule has 6 heteroatoms. The van der Waals surface area contributed by atoms with Crippen molar-refractivity contribution in [3.8, 4) is 11.8 Å². The van der Waals surface area contributed by atoms with Gasteiger partial charge in [-0.15, -0.1) is 5.10 Å². The molecule has 1 aromatic carbocycles. The Morgan fingerprint density at radius 2 is 2.10 bits per heavy atom. The van der Waals surface area contributed by atoms with Crippen LogP contribution in [-0.4, -0.2) is 27.1 Å². The Morgan fingerprint density at radius 1 is 1.29 bits per heavy atom. The molecule has 21 heavy (non-hydrogen) atoms. The quantitative estimate of drug-likeness (QED) is 0.687. The molecule has 0 amide bonds. The van der Waals surface area contributed by atoms with E-state index in [1.807, 2.05) is 30.3 Å². The molecule has 0 atom stereocenters. The number of hydrogen-bond donors (Lipinski definition) is 0. The van der Waals surface area contributed by atoms with Crippen LogP contribution in [0.2, 0.25) is 0 Å². The van der Waals surface area contributed by atoms with E-state index in [0.717, 1.165) is 11.3 Å². The van der Waals surface area contributed by atoms with Crippen LogP contribution < -0.4 is 4.74 Å². The minimum Gasteiger partial charge on any atom is -0.497 e. The van der Waals surface area contributed by atoms with Gasteiger partial charge in [0.05, 0.1) is 7.11 Å². The molecule has 3 rings (SSSR count). The maximum absolute atomic E-state index is 9.37. The Morgan fingerprint density at radius 3 is 2.81 bits per heavy atom. The first-order chi connectivity index (χ1) is 10.3. The Labute approximate surface area is 120 Å². The molecule has 0 aliphatic heterocycles. The van der Waals surface area contributed by atoms with Crippen LogP contribution in [0.4, 0.5) is 0 Å². The van der Waals surface area contributed by atoms with E-state index >= 15 is 0 Å². The van der Waals surface area contributed by atoms with Gasteiger partial charge in [0.1, 0.15) is 23.0 Å². The highest BCUT2D eigenvalue weighted by molar-refractivity contribution is 5.84. The second kappa shape index (κ2) is 5.43. The largest absolute Gasteiger partial charge is 0.497 e. The van der Waals surface area contributed by atoms with Crippen molar-refractivity contribution in [3.63, 3.8) is 0 Å². The fourth-order valence-corrected chi connectivity index (χ4v) is 1.94. The zero-order valence-corrected chi connectivity index (χ0v) is 11.3. The fourth-order valence-electron chi connectivity index (χ4n) is 1.94. The number of nitrogens with zero attached hydrogens (tertiary/aromatic N) is 5. The Hall–Kier alpha value is -3.20. The molecule has 0 aliphatic carbocycles. The van der Waals surface area contributed by atoms with E-state index in [1.54, 1.807) is 25.4 Å². The monoisotopic (exact) mass is 277 g/mol. The molecule has 0 fully saturated rings. The fraction of sp³-hybridized carbons (Fsp3) is 0.0667. The first-order valence-electron chi connectivity index (χ1n) is 6.24. The highest BCUT2D eigenvalue weighted by Crippen LogP contribution is 2.17. The summed E-state index contributed by atoms with van der Waals surface area (Å²) in [6.07, 6.45) is 3.38. The van der Waals surface area contributed by atoms with Crippen molar-refractivity contribution in [2.75, 3.05) is 7.11 Å². The van der Waals surface area contributed by atoms with Crippen molar-refractivity contribution in [1.29, 1.82) is 5.26 Å². The van der Waals surface area contributed by atoms with Crippen molar-refractivity contribution in [2.45, 2.75) is 0 Å². The molecule has 0 unspecified atom stereocenters. The minimum absolute atomic E-state index is 0.371. The lowest BCUT2D eigenvalue weighted by Crippen LogP contribution is -1.97. The van der Waals surface area contributed by atoms with Gasteiger partial charge in [-0.3, -0.25) is 0 Å². The van der Waals surface area contributed by atoms with Gasteiger partial charge in [0.25, 0.3) is 0 Å². The Kier molecular flexibility index (Phi) is 3.31. The molecular formula is C15H11N5O. The molecule has 0 radical (unpaired) electrons. The maximum Gasteiger partial charge on any atom is 0.202 e. The van der Waals surface area contributed by atoms with Gasteiger partial charge in [0.2, 0.25) is 5.65 Å². The molecular weight excluding hydrogens is 266 g/mol. The summed E-state index contributed by atoms with van der Waals surface area (Å²) >= 11 is 0. The summed E-state index contributed by atoms with van der Waals surface area (Å²) < 4.78 is 6.59. The molecule has 0 bridgehead atoms. The molecule has 0 saturated heterocycles. The lowest BCUT2D eigenvalue weighted by Gasteiger charge is -2.01. The minimum atomic E-state index is 0.371. The van der Waals surface area contributed by atoms with Crippen LogP contribution in [0.3, 0.4) is 0 Å². The van der Waals surface area contributed by atoms with Crippen molar-refractivity contribution in [1.82, 2.24) is 20.0 Å². The first-order valence-corrected chi connectivity index (χ1v) is 6.24. The number of methoxy groups -OCH3 is 1. The van der Waals surface area contributed by atoms with Crippen LogP contribution in [0, 0.1) is 11.3 Å². The summed E-state index contributed by atoms with van der Waals surface area (Å²) in [5.41, 5.74) is 2.45. The van der Waals surface area contributed by atoms with Gasteiger partial charge in [-0.05, 0) is 35.9 Å². The van der Waals surface area contributed by atoms with E-state index in [9.17, 15) is 5.26 Å². The average Bonchev–Trinajstić information content (AvgIpc) is 2.97. The lowest BCUT2D eigenvalue weighted by atomic mass is 10.2. The summed E-state index contributed by atoms with van der Waals surface area (Å²) in [5, 5.41) is 17.3.